The van der Waals surface area contributed by atoms with Crippen LogP contribution in [-0.4, -0.2) is 47.0 Å². The summed E-state index contributed by atoms with van der Waals surface area (Å²) in [6.45, 7) is 3.48. The predicted molar refractivity (Wildman–Crippen MR) is 124 cm³/mol. The number of halogens is 3. The highest BCUT2D eigenvalue weighted by Crippen LogP contribution is 2.36. The number of aryl methyl sites for hydroxylation is 1. The summed E-state index contributed by atoms with van der Waals surface area (Å²) in [5.74, 6) is -1.57. The molecular formula is C23H24ClF2N5O2. The molecule has 2 aromatic carbocycles. The van der Waals surface area contributed by atoms with Crippen LogP contribution in [-0.2, 0) is 7.05 Å². The fraction of sp³-hybridized carbons (Fsp3) is 0.304. The smallest absolute Gasteiger partial charge is 0.323 e. The summed E-state index contributed by atoms with van der Waals surface area (Å²) in [5.41, 5.74) is 1.44. The summed E-state index contributed by atoms with van der Waals surface area (Å²) in [5, 5.41) is 9.56. The third kappa shape index (κ3) is 5.43. The van der Waals surface area contributed by atoms with Gasteiger partial charge in [-0.15, -0.1) is 0 Å². The van der Waals surface area contributed by atoms with Gasteiger partial charge in [-0.1, -0.05) is 17.7 Å². The van der Waals surface area contributed by atoms with E-state index in [2.05, 4.69) is 20.6 Å². The molecule has 0 radical (unpaired) electrons. The van der Waals surface area contributed by atoms with Crippen molar-refractivity contribution < 1.29 is 18.3 Å². The van der Waals surface area contributed by atoms with Crippen molar-refractivity contribution in [1.29, 1.82) is 0 Å². The molecule has 0 atom stereocenters. The van der Waals surface area contributed by atoms with Crippen LogP contribution in [0.25, 0.3) is 11.3 Å². The van der Waals surface area contributed by atoms with E-state index in [-0.39, 0.29) is 5.69 Å². The Labute approximate surface area is 195 Å². The van der Waals surface area contributed by atoms with Crippen molar-refractivity contribution in [1.82, 2.24) is 14.7 Å². The topological polar surface area (TPSA) is 71.4 Å². The van der Waals surface area contributed by atoms with Gasteiger partial charge in [0.15, 0.2) is 11.6 Å². The van der Waals surface area contributed by atoms with Crippen molar-refractivity contribution >= 4 is 29.0 Å². The van der Waals surface area contributed by atoms with E-state index in [1.165, 1.54) is 31.2 Å². The second-order valence-electron chi connectivity index (χ2n) is 7.75. The maximum Gasteiger partial charge on any atom is 0.323 e. The molecule has 33 heavy (non-hydrogen) atoms. The number of anilines is 2. The highest BCUT2D eigenvalue weighted by molar-refractivity contribution is 6.33. The van der Waals surface area contributed by atoms with Gasteiger partial charge in [-0.05, 0) is 56.3 Å². The number of urea groups is 1. The fourth-order valence-corrected chi connectivity index (χ4v) is 4.08. The molecular weight excluding hydrogens is 452 g/mol. The maximum atomic E-state index is 13.9. The minimum absolute atomic E-state index is 0.260. The SMILES string of the molecule is Cn1ncc(Cl)c1-c1cc(NC(=O)Nc2cccc(F)c2F)ccc1OCCN1CCCC1. The zero-order chi connectivity index (χ0) is 23.4. The Balaban J connectivity index is 1.53. The molecule has 1 aliphatic rings. The van der Waals surface area contributed by atoms with Gasteiger partial charge in [0.2, 0.25) is 0 Å². The van der Waals surface area contributed by atoms with Gasteiger partial charge in [0.1, 0.15) is 12.4 Å². The van der Waals surface area contributed by atoms with Gasteiger partial charge in [-0.3, -0.25) is 9.58 Å². The van der Waals surface area contributed by atoms with Crippen molar-refractivity contribution in [3.63, 3.8) is 0 Å². The number of amides is 2. The van der Waals surface area contributed by atoms with Crippen LogP contribution in [0.15, 0.2) is 42.6 Å². The largest absolute Gasteiger partial charge is 0.492 e. The van der Waals surface area contributed by atoms with Crippen LogP contribution in [0, 0.1) is 11.6 Å². The Hall–Kier alpha value is -3.17. The van der Waals surface area contributed by atoms with Crippen LogP contribution in [0.4, 0.5) is 25.0 Å². The first-order valence-corrected chi connectivity index (χ1v) is 11.0. The molecule has 0 spiro atoms. The quantitative estimate of drug-likeness (QED) is 0.496. The standard InChI is InChI=1S/C23H24ClF2N5O2/c1-30-22(17(24)14-27-30)16-13-15(7-8-20(16)33-12-11-31-9-2-3-10-31)28-23(32)29-19-6-4-5-18(25)21(19)26/h4-8,13-14H,2-3,9-12H2,1H3,(H2,28,29,32). The molecule has 0 bridgehead atoms. The number of nitrogens with zero attached hydrogens (tertiary/aromatic N) is 3. The summed E-state index contributed by atoms with van der Waals surface area (Å²) in [4.78, 5) is 14.7. The van der Waals surface area contributed by atoms with E-state index in [1.807, 2.05) is 0 Å². The number of hydrogen-bond acceptors (Lipinski definition) is 4. The van der Waals surface area contributed by atoms with Crippen LogP contribution in [0.2, 0.25) is 5.02 Å². The Morgan fingerprint density at radius 2 is 1.97 bits per heavy atom. The molecule has 174 valence electrons. The molecule has 0 aliphatic carbocycles. The van der Waals surface area contributed by atoms with Crippen molar-refractivity contribution in [2.24, 2.45) is 7.05 Å². The third-order valence-electron chi connectivity index (χ3n) is 5.45. The molecule has 0 saturated carbocycles. The molecule has 1 aliphatic heterocycles. The normalized spacial score (nSPS) is 13.8. The summed E-state index contributed by atoms with van der Waals surface area (Å²) in [6.07, 6.45) is 3.94. The number of ether oxygens (including phenoxy) is 1. The van der Waals surface area contributed by atoms with E-state index >= 15 is 0 Å². The van der Waals surface area contributed by atoms with Gasteiger partial charge in [-0.2, -0.15) is 5.10 Å². The summed E-state index contributed by atoms with van der Waals surface area (Å²) in [7, 11) is 1.76. The van der Waals surface area contributed by atoms with Gasteiger partial charge in [0.05, 0.1) is 22.6 Å². The Morgan fingerprint density at radius 1 is 1.18 bits per heavy atom. The number of carbonyl (C=O) groups is 1. The van der Waals surface area contributed by atoms with Crippen LogP contribution in [0.5, 0.6) is 5.75 Å². The first-order valence-electron chi connectivity index (χ1n) is 10.6. The zero-order valence-corrected chi connectivity index (χ0v) is 18.8. The average molecular weight is 476 g/mol. The van der Waals surface area contributed by atoms with E-state index in [0.717, 1.165) is 25.7 Å². The second-order valence-corrected chi connectivity index (χ2v) is 8.16. The summed E-state index contributed by atoms with van der Waals surface area (Å²) >= 11 is 6.36. The van der Waals surface area contributed by atoms with Crippen LogP contribution in [0.3, 0.4) is 0 Å². The number of hydrogen-bond donors (Lipinski definition) is 2. The van der Waals surface area contributed by atoms with Crippen LogP contribution >= 0.6 is 11.6 Å². The lowest BCUT2D eigenvalue weighted by atomic mass is 10.1. The van der Waals surface area contributed by atoms with Crippen molar-refractivity contribution in [3.05, 3.63) is 59.3 Å². The van der Waals surface area contributed by atoms with Crippen molar-refractivity contribution in [3.8, 4) is 17.0 Å². The highest BCUT2D eigenvalue weighted by Gasteiger charge is 2.18. The minimum atomic E-state index is -1.13. The molecule has 3 aromatic rings. The Bertz CT molecular complexity index is 1130. The average Bonchev–Trinajstić information content (AvgIpc) is 3.42. The Morgan fingerprint density at radius 3 is 2.70 bits per heavy atom. The number of benzene rings is 2. The van der Waals surface area contributed by atoms with Gasteiger partial charge >= 0.3 is 6.03 Å². The maximum absolute atomic E-state index is 13.9. The van der Waals surface area contributed by atoms with E-state index in [0.29, 0.717) is 34.3 Å². The number of nitrogens with one attached hydrogen (secondary N) is 2. The Kier molecular flexibility index (Phi) is 7.10. The molecule has 1 fully saturated rings. The first kappa shape index (κ1) is 23.0. The molecule has 4 rings (SSSR count). The predicted octanol–water partition coefficient (Wildman–Crippen LogP) is 5.14. The van der Waals surface area contributed by atoms with Gasteiger partial charge in [0, 0.05) is 24.8 Å². The molecule has 1 aromatic heterocycles. The lowest BCUT2D eigenvalue weighted by molar-refractivity contribution is 0.238. The highest BCUT2D eigenvalue weighted by atomic mass is 35.5. The van der Waals surface area contributed by atoms with Crippen molar-refractivity contribution in [2.45, 2.75) is 12.8 Å². The molecule has 1 saturated heterocycles. The fourth-order valence-electron chi connectivity index (χ4n) is 3.81. The summed E-state index contributed by atoms with van der Waals surface area (Å²) in [6, 6.07) is 7.95. The third-order valence-corrected chi connectivity index (χ3v) is 5.73. The second kappa shape index (κ2) is 10.2. The van der Waals surface area contributed by atoms with Gasteiger partial charge < -0.3 is 15.4 Å². The number of carbonyl (C=O) groups excluding carboxylic acids is 1. The van der Waals surface area contributed by atoms with Crippen LogP contribution < -0.4 is 15.4 Å². The van der Waals surface area contributed by atoms with E-state index in [1.54, 1.807) is 29.9 Å². The number of rotatable bonds is 7. The van der Waals surface area contributed by atoms with Gasteiger partial charge in [0.25, 0.3) is 0 Å². The molecule has 2 amide bonds. The lowest BCUT2D eigenvalue weighted by Crippen LogP contribution is -2.25. The number of aromatic nitrogens is 2. The van der Waals surface area contributed by atoms with E-state index in [9.17, 15) is 13.6 Å². The van der Waals surface area contributed by atoms with Crippen molar-refractivity contribution in [2.75, 3.05) is 36.9 Å². The molecule has 2 N–H and O–H groups in total. The first-order chi connectivity index (χ1) is 15.9. The lowest BCUT2D eigenvalue weighted by Gasteiger charge is -2.18. The van der Waals surface area contributed by atoms with E-state index < -0.39 is 17.7 Å². The zero-order valence-electron chi connectivity index (χ0n) is 18.1. The summed E-state index contributed by atoms with van der Waals surface area (Å²) < 4.78 is 34.9. The van der Waals surface area contributed by atoms with E-state index in [4.69, 9.17) is 16.3 Å². The monoisotopic (exact) mass is 475 g/mol. The molecule has 0 unspecified atom stereocenters. The molecule has 2 heterocycles. The van der Waals surface area contributed by atoms with Crippen LogP contribution in [0.1, 0.15) is 12.8 Å². The minimum Gasteiger partial charge on any atom is -0.492 e. The number of likely N-dealkylation sites (tertiary alicyclic amines) is 1. The molecule has 10 heteroatoms. The molecule has 7 nitrogen and oxygen atoms in total. The van der Waals surface area contributed by atoms with Gasteiger partial charge in [-0.25, -0.2) is 13.6 Å².